The largest absolute Gasteiger partial charge is 0.381 e. The fourth-order valence-corrected chi connectivity index (χ4v) is 1.92. The molecule has 1 aromatic carbocycles. The summed E-state index contributed by atoms with van der Waals surface area (Å²) in [6, 6.07) is 7.84. The third kappa shape index (κ3) is 6.76. The lowest BCUT2D eigenvalue weighted by Gasteiger charge is -2.19. The van der Waals surface area contributed by atoms with E-state index < -0.39 is 0 Å². The molecule has 0 unspecified atom stereocenters. The van der Waals surface area contributed by atoms with Crippen LogP contribution in [0.1, 0.15) is 57.0 Å². The van der Waals surface area contributed by atoms with Crippen LogP contribution >= 0.6 is 0 Å². The molecule has 0 fully saturated rings. The van der Waals surface area contributed by atoms with Gasteiger partial charge >= 0.3 is 0 Å². The van der Waals surface area contributed by atoms with Crippen molar-refractivity contribution in [3.8, 4) is 0 Å². The molecular formula is C18H29NO2. The van der Waals surface area contributed by atoms with Crippen LogP contribution in [-0.4, -0.2) is 25.7 Å². The molecule has 0 heterocycles. The molecule has 0 spiro atoms. The van der Waals surface area contributed by atoms with Crippen molar-refractivity contribution in [3.63, 3.8) is 0 Å². The lowest BCUT2D eigenvalue weighted by Crippen LogP contribution is -2.25. The maximum atomic E-state index is 12.0. The smallest absolute Gasteiger partial charge is 0.251 e. The summed E-state index contributed by atoms with van der Waals surface area (Å²) in [7, 11) is 0. The minimum absolute atomic E-state index is 0.0145. The summed E-state index contributed by atoms with van der Waals surface area (Å²) in [5.41, 5.74) is 2.06. The Labute approximate surface area is 129 Å². The van der Waals surface area contributed by atoms with Gasteiger partial charge in [-0.3, -0.25) is 4.79 Å². The molecule has 0 aliphatic rings. The predicted molar refractivity (Wildman–Crippen MR) is 87.7 cm³/mol. The van der Waals surface area contributed by atoms with Crippen molar-refractivity contribution in [1.29, 1.82) is 0 Å². The Hall–Kier alpha value is -1.35. The van der Waals surface area contributed by atoms with Crippen LogP contribution in [0.4, 0.5) is 0 Å². The third-order valence-corrected chi connectivity index (χ3v) is 3.22. The molecule has 0 atom stereocenters. The summed E-state index contributed by atoms with van der Waals surface area (Å²) in [4.78, 5) is 12.0. The highest BCUT2D eigenvalue weighted by molar-refractivity contribution is 5.94. The molecule has 0 aliphatic heterocycles. The first-order valence-electron chi connectivity index (χ1n) is 7.77. The maximum Gasteiger partial charge on any atom is 0.251 e. The van der Waals surface area contributed by atoms with Gasteiger partial charge < -0.3 is 10.1 Å². The predicted octanol–water partition coefficient (Wildman–Crippen LogP) is 3.78. The summed E-state index contributed by atoms with van der Waals surface area (Å²) in [6.07, 6.45) is 0.846. The molecule has 21 heavy (non-hydrogen) atoms. The van der Waals surface area contributed by atoms with E-state index in [2.05, 4.69) is 39.9 Å². The van der Waals surface area contributed by atoms with E-state index in [4.69, 9.17) is 4.74 Å². The first kappa shape index (κ1) is 17.7. The molecule has 0 radical (unpaired) electrons. The molecule has 0 bridgehead atoms. The quantitative estimate of drug-likeness (QED) is 0.776. The Morgan fingerprint density at radius 2 is 1.81 bits per heavy atom. The number of amides is 1. The normalized spacial score (nSPS) is 11.7. The van der Waals surface area contributed by atoms with Gasteiger partial charge in [0, 0.05) is 25.3 Å². The molecule has 3 nitrogen and oxygen atoms in total. The number of ether oxygens (including phenoxy) is 1. The fraction of sp³-hybridized carbons (Fsp3) is 0.611. The number of hydrogen-bond acceptors (Lipinski definition) is 2. The third-order valence-electron chi connectivity index (χ3n) is 3.22. The van der Waals surface area contributed by atoms with E-state index in [9.17, 15) is 4.79 Å². The van der Waals surface area contributed by atoms with Gasteiger partial charge in [-0.1, -0.05) is 46.8 Å². The van der Waals surface area contributed by atoms with E-state index in [1.54, 1.807) is 0 Å². The average Bonchev–Trinajstić information content (AvgIpc) is 2.41. The van der Waals surface area contributed by atoms with Crippen LogP contribution < -0.4 is 5.32 Å². The number of benzene rings is 1. The van der Waals surface area contributed by atoms with Crippen molar-refractivity contribution in [3.05, 3.63) is 35.4 Å². The van der Waals surface area contributed by atoms with Gasteiger partial charge in [-0.15, -0.1) is 0 Å². The molecule has 0 aliphatic carbocycles. The second-order valence-electron chi connectivity index (χ2n) is 6.91. The number of carbonyl (C=O) groups is 1. The van der Waals surface area contributed by atoms with E-state index in [1.165, 1.54) is 5.56 Å². The van der Waals surface area contributed by atoms with E-state index in [0.717, 1.165) is 13.0 Å². The minimum atomic E-state index is -0.0145. The zero-order chi connectivity index (χ0) is 15.9. The van der Waals surface area contributed by atoms with E-state index >= 15 is 0 Å². The van der Waals surface area contributed by atoms with Crippen LogP contribution in [0.5, 0.6) is 0 Å². The first-order valence-corrected chi connectivity index (χ1v) is 7.77. The van der Waals surface area contributed by atoms with Crippen LogP contribution in [0.2, 0.25) is 0 Å². The topological polar surface area (TPSA) is 38.3 Å². The molecule has 3 heteroatoms. The Balaban J connectivity index is 2.32. The molecule has 1 aromatic rings. The van der Waals surface area contributed by atoms with Gasteiger partial charge in [-0.25, -0.2) is 0 Å². The van der Waals surface area contributed by atoms with Gasteiger partial charge in [0.1, 0.15) is 0 Å². The zero-order valence-electron chi connectivity index (χ0n) is 14.0. The highest BCUT2D eigenvalue weighted by Crippen LogP contribution is 2.22. The summed E-state index contributed by atoms with van der Waals surface area (Å²) >= 11 is 0. The minimum Gasteiger partial charge on any atom is -0.381 e. The molecule has 118 valence electrons. The second kappa shape index (κ2) is 8.18. The van der Waals surface area contributed by atoms with Gasteiger partial charge in [0.25, 0.3) is 5.91 Å². The summed E-state index contributed by atoms with van der Waals surface area (Å²) in [5.74, 6) is 0.542. The van der Waals surface area contributed by atoms with Crippen LogP contribution in [0.3, 0.4) is 0 Å². The lowest BCUT2D eigenvalue weighted by molar-refractivity contribution is 0.0925. The number of nitrogens with one attached hydrogen (secondary N) is 1. The lowest BCUT2D eigenvalue weighted by atomic mass is 9.87. The van der Waals surface area contributed by atoms with E-state index in [-0.39, 0.29) is 11.3 Å². The second-order valence-corrected chi connectivity index (χ2v) is 6.91. The highest BCUT2D eigenvalue weighted by atomic mass is 16.5. The average molecular weight is 291 g/mol. The Kier molecular flexibility index (Phi) is 6.90. The number of carbonyl (C=O) groups excluding carboxylic acids is 1. The van der Waals surface area contributed by atoms with Crippen LogP contribution in [-0.2, 0) is 10.2 Å². The van der Waals surface area contributed by atoms with Crippen molar-refractivity contribution in [2.24, 2.45) is 5.92 Å². The van der Waals surface area contributed by atoms with Gasteiger partial charge in [0.15, 0.2) is 0 Å². The van der Waals surface area contributed by atoms with Crippen molar-refractivity contribution in [2.75, 3.05) is 19.8 Å². The summed E-state index contributed by atoms with van der Waals surface area (Å²) in [5, 5.41) is 2.93. The Morgan fingerprint density at radius 3 is 2.33 bits per heavy atom. The molecule has 1 rings (SSSR count). The van der Waals surface area contributed by atoms with Gasteiger partial charge in [0.05, 0.1) is 0 Å². The summed E-state index contributed by atoms with van der Waals surface area (Å²) in [6.45, 7) is 12.9. The highest BCUT2D eigenvalue weighted by Gasteiger charge is 2.14. The van der Waals surface area contributed by atoms with E-state index in [1.807, 2.05) is 24.3 Å². The van der Waals surface area contributed by atoms with Crippen molar-refractivity contribution < 1.29 is 9.53 Å². The van der Waals surface area contributed by atoms with Crippen LogP contribution in [0.15, 0.2) is 24.3 Å². The SMILES string of the molecule is CC(C)COCCCNC(=O)c1ccc(C(C)(C)C)cc1. The van der Waals surface area contributed by atoms with Crippen molar-refractivity contribution in [2.45, 2.75) is 46.5 Å². The molecule has 0 aromatic heterocycles. The standard InChI is InChI=1S/C18H29NO2/c1-14(2)13-21-12-6-11-19-17(20)15-7-9-16(10-8-15)18(3,4)5/h7-10,14H,6,11-13H2,1-5H3,(H,19,20). The molecular weight excluding hydrogens is 262 g/mol. The fourth-order valence-electron chi connectivity index (χ4n) is 1.92. The molecule has 1 N–H and O–H groups in total. The Bertz CT molecular complexity index is 430. The Morgan fingerprint density at radius 1 is 1.19 bits per heavy atom. The number of hydrogen-bond donors (Lipinski definition) is 1. The molecule has 0 saturated heterocycles. The van der Waals surface area contributed by atoms with Crippen molar-refractivity contribution >= 4 is 5.91 Å². The first-order chi connectivity index (χ1) is 9.80. The van der Waals surface area contributed by atoms with Crippen molar-refractivity contribution in [1.82, 2.24) is 5.32 Å². The molecule has 0 saturated carbocycles. The van der Waals surface area contributed by atoms with Gasteiger partial charge in [-0.05, 0) is 35.4 Å². The van der Waals surface area contributed by atoms with Gasteiger partial charge in [-0.2, -0.15) is 0 Å². The van der Waals surface area contributed by atoms with E-state index in [0.29, 0.717) is 24.6 Å². The summed E-state index contributed by atoms with van der Waals surface area (Å²) < 4.78 is 5.48. The number of rotatable bonds is 7. The molecule has 1 amide bonds. The van der Waals surface area contributed by atoms with Crippen LogP contribution in [0, 0.1) is 5.92 Å². The van der Waals surface area contributed by atoms with Gasteiger partial charge in [0.2, 0.25) is 0 Å². The monoisotopic (exact) mass is 291 g/mol. The maximum absolute atomic E-state index is 12.0. The van der Waals surface area contributed by atoms with Crippen LogP contribution in [0.25, 0.3) is 0 Å². The zero-order valence-corrected chi connectivity index (χ0v) is 14.0.